The lowest BCUT2D eigenvalue weighted by Crippen LogP contribution is -1.95. The molecule has 0 spiro atoms. The van der Waals surface area contributed by atoms with Gasteiger partial charge in [0, 0.05) is 9.75 Å². The minimum Gasteiger partial charge on any atom is -0.145 e. The summed E-state index contributed by atoms with van der Waals surface area (Å²) in [5.74, 6) is 5.46. The van der Waals surface area contributed by atoms with Gasteiger partial charge in [0.2, 0.25) is 0 Å². The van der Waals surface area contributed by atoms with Crippen LogP contribution in [0.2, 0.25) is 0 Å². The van der Waals surface area contributed by atoms with Crippen LogP contribution in [0.25, 0.3) is 10.8 Å². The van der Waals surface area contributed by atoms with Crippen LogP contribution >= 0.6 is 11.3 Å². The summed E-state index contributed by atoms with van der Waals surface area (Å²) < 4.78 is 0. The van der Waals surface area contributed by atoms with Crippen LogP contribution in [0.15, 0.2) is 117 Å². The zero-order chi connectivity index (χ0) is 40.7. The first kappa shape index (κ1) is 44.6. The third kappa shape index (κ3) is 12.2. The molecule has 4 aliphatic rings. The van der Waals surface area contributed by atoms with E-state index in [-0.39, 0.29) is 0 Å². The van der Waals surface area contributed by atoms with Crippen molar-refractivity contribution < 1.29 is 0 Å². The number of rotatable bonds is 8. The molecule has 7 rings (SSSR count). The lowest BCUT2D eigenvalue weighted by atomic mass is 9.95. The maximum absolute atomic E-state index is 2.44. The van der Waals surface area contributed by atoms with Crippen LogP contribution in [0, 0.1) is 23.7 Å². The zero-order valence-corrected chi connectivity index (χ0v) is 38.6. The van der Waals surface area contributed by atoms with Crippen molar-refractivity contribution in [1.82, 2.24) is 0 Å². The summed E-state index contributed by atoms with van der Waals surface area (Å²) in [6.07, 6.45) is 14.6. The molecule has 0 unspecified atom stereocenters. The molecule has 1 heterocycles. The summed E-state index contributed by atoms with van der Waals surface area (Å²) in [6, 6.07) is 18.1. The summed E-state index contributed by atoms with van der Waals surface area (Å²) in [4.78, 5) is 3.02. The molecule has 4 aliphatic carbocycles. The van der Waals surface area contributed by atoms with E-state index in [1.54, 1.807) is 39.0 Å². The van der Waals surface area contributed by atoms with Crippen LogP contribution in [-0.2, 0) is 0 Å². The third-order valence-electron chi connectivity index (χ3n) is 11.8. The van der Waals surface area contributed by atoms with Crippen molar-refractivity contribution in [2.24, 2.45) is 23.7 Å². The standard InChI is InChI=1S/C16H20.2C14H20.C10H16S/c1-11(2)13-5-7-16-10-14(12(3)4)6-8-15(16)9-13;2*1-9(2)11-5-13-7-12(10(3)4)8-14(13)6-11;1-7(2)9-5-6-10(11-9)8(3)4/h5-12H,1-4H3;5,8-10H,6-7H2,1-4H3;5,7,9-10H,6,8H2,1-4H3;5-8H,1-4H3. The fraction of sp³-hybridized carbons (Fsp3) is 0.519. The minimum absolute atomic E-state index is 0.606. The molecule has 0 radical (unpaired) electrons. The van der Waals surface area contributed by atoms with Crippen LogP contribution in [0.5, 0.6) is 0 Å². The number of benzene rings is 2. The van der Waals surface area contributed by atoms with E-state index in [1.807, 2.05) is 11.3 Å². The quantitative estimate of drug-likeness (QED) is 0.215. The van der Waals surface area contributed by atoms with Gasteiger partial charge in [-0.15, -0.1) is 11.3 Å². The molecule has 0 nitrogen and oxygen atoms in total. The Labute approximate surface area is 342 Å². The molecular formula is C54H76S. The average Bonchev–Trinajstić information content (AvgIpc) is 3.94. The molecule has 2 aromatic carbocycles. The molecule has 298 valence electrons. The highest BCUT2D eigenvalue weighted by molar-refractivity contribution is 7.12. The first-order valence-electron chi connectivity index (χ1n) is 21.7. The summed E-state index contributed by atoms with van der Waals surface area (Å²) in [5, 5.41) is 2.71. The Bertz CT molecular complexity index is 1810. The van der Waals surface area contributed by atoms with Gasteiger partial charge in [-0.05, 0) is 124 Å². The van der Waals surface area contributed by atoms with E-state index in [0.717, 1.165) is 23.7 Å². The highest BCUT2D eigenvalue weighted by Crippen LogP contribution is 2.42. The van der Waals surface area contributed by atoms with Gasteiger partial charge in [0.05, 0.1) is 0 Å². The third-order valence-corrected chi connectivity index (χ3v) is 13.5. The van der Waals surface area contributed by atoms with Crippen molar-refractivity contribution in [1.29, 1.82) is 0 Å². The van der Waals surface area contributed by atoms with Crippen LogP contribution < -0.4 is 0 Å². The van der Waals surface area contributed by atoms with Gasteiger partial charge in [0.25, 0.3) is 0 Å². The van der Waals surface area contributed by atoms with Crippen molar-refractivity contribution >= 4 is 22.1 Å². The van der Waals surface area contributed by atoms with Gasteiger partial charge in [0.15, 0.2) is 0 Å². The Morgan fingerprint density at radius 1 is 0.364 bits per heavy atom. The van der Waals surface area contributed by atoms with Crippen LogP contribution in [0.3, 0.4) is 0 Å². The Morgan fingerprint density at radius 2 is 0.709 bits per heavy atom. The fourth-order valence-corrected chi connectivity index (χ4v) is 8.50. The highest BCUT2D eigenvalue weighted by atomic mass is 32.1. The van der Waals surface area contributed by atoms with E-state index >= 15 is 0 Å². The van der Waals surface area contributed by atoms with E-state index < -0.39 is 0 Å². The number of allylic oxidation sites excluding steroid dienone is 12. The molecule has 0 aliphatic heterocycles. The average molecular weight is 757 g/mol. The van der Waals surface area contributed by atoms with Gasteiger partial charge >= 0.3 is 0 Å². The SMILES string of the molecule is CC(C)C1=CC2=C(C1)CC(C(C)C)=C2.CC(C)C1=CC2=C(C=C(C(C)C)C2)C1.CC(C)c1ccc(C(C)C)s1.CC(C)c1ccc2cc(C(C)C)ccc2c1. The maximum atomic E-state index is 2.44. The van der Waals surface area contributed by atoms with Crippen molar-refractivity contribution in [2.45, 2.75) is 160 Å². The van der Waals surface area contributed by atoms with Gasteiger partial charge in [0.1, 0.15) is 0 Å². The molecule has 0 atom stereocenters. The Balaban J connectivity index is 0.000000164. The van der Waals surface area contributed by atoms with Crippen LogP contribution in [0.1, 0.15) is 181 Å². The Kier molecular flexibility index (Phi) is 16.0. The smallest absolute Gasteiger partial charge is 0.00737 e. The predicted molar refractivity (Wildman–Crippen MR) is 249 cm³/mol. The summed E-state index contributed by atoms with van der Waals surface area (Å²) in [7, 11) is 0. The van der Waals surface area contributed by atoms with Gasteiger partial charge in [-0.25, -0.2) is 0 Å². The molecule has 0 fully saturated rings. The summed E-state index contributed by atoms with van der Waals surface area (Å²) >= 11 is 1.95. The highest BCUT2D eigenvalue weighted by Gasteiger charge is 2.24. The normalized spacial score (nSPS) is 16.2. The van der Waals surface area contributed by atoms with E-state index in [2.05, 4.69) is 184 Å². The predicted octanol–water partition coefficient (Wildman–Crippen LogP) is 17.6. The molecule has 0 saturated heterocycles. The van der Waals surface area contributed by atoms with E-state index in [9.17, 15) is 0 Å². The summed E-state index contributed by atoms with van der Waals surface area (Å²) in [6.45, 7) is 36.3. The molecule has 1 heteroatoms. The molecule has 0 saturated carbocycles. The molecule has 0 bridgehead atoms. The first-order chi connectivity index (χ1) is 25.8. The van der Waals surface area contributed by atoms with Gasteiger partial charge in [-0.3, -0.25) is 0 Å². The van der Waals surface area contributed by atoms with Crippen molar-refractivity contribution in [3.05, 3.63) is 138 Å². The van der Waals surface area contributed by atoms with Gasteiger partial charge < -0.3 is 0 Å². The maximum Gasteiger partial charge on any atom is 0.00737 e. The number of hydrogen-bond acceptors (Lipinski definition) is 1. The second-order valence-corrected chi connectivity index (χ2v) is 20.2. The molecule has 0 N–H and O–H groups in total. The zero-order valence-electron chi connectivity index (χ0n) is 37.8. The fourth-order valence-electron chi connectivity index (χ4n) is 7.48. The van der Waals surface area contributed by atoms with E-state index in [0.29, 0.717) is 23.7 Å². The van der Waals surface area contributed by atoms with E-state index in [1.165, 1.54) is 62.9 Å². The number of hydrogen-bond donors (Lipinski definition) is 0. The molecule has 0 amide bonds. The first-order valence-corrected chi connectivity index (χ1v) is 22.5. The molecule has 55 heavy (non-hydrogen) atoms. The lowest BCUT2D eigenvalue weighted by molar-refractivity contribution is 0.719. The Hall–Kier alpha value is -3.16. The minimum atomic E-state index is 0.606. The van der Waals surface area contributed by atoms with Crippen molar-refractivity contribution in [3.8, 4) is 0 Å². The second kappa shape index (κ2) is 19.8. The van der Waals surface area contributed by atoms with Gasteiger partial charge in [-0.1, -0.05) is 199 Å². The number of thiophene rings is 1. The molecule has 3 aromatic rings. The van der Waals surface area contributed by atoms with Crippen LogP contribution in [0.4, 0.5) is 0 Å². The molecule has 1 aromatic heterocycles. The lowest BCUT2D eigenvalue weighted by Gasteiger charge is -2.11. The van der Waals surface area contributed by atoms with Crippen molar-refractivity contribution in [3.63, 3.8) is 0 Å². The topological polar surface area (TPSA) is 0 Å². The van der Waals surface area contributed by atoms with E-state index in [4.69, 9.17) is 0 Å². The second-order valence-electron chi connectivity index (χ2n) is 19.0. The Morgan fingerprint density at radius 3 is 0.982 bits per heavy atom. The largest absolute Gasteiger partial charge is 0.145 e. The summed E-state index contributed by atoms with van der Waals surface area (Å²) in [5.41, 5.74) is 15.7. The van der Waals surface area contributed by atoms with Crippen molar-refractivity contribution in [2.75, 3.05) is 0 Å². The number of fused-ring (bicyclic) bond motifs is 1. The monoisotopic (exact) mass is 757 g/mol. The van der Waals surface area contributed by atoms with Crippen LogP contribution in [-0.4, -0.2) is 0 Å². The van der Waals surface area contributed by atoms with Gasteiger partial charge in [-0.2, -0.15) is 0 Å². The molecular weight excluding hydrogens is 681 g/mol.